The van der Waals surface area contributed by atoms with Gasteiger partial charge in [0.1, 0.15) is 45.6 Å². The zero-order valence-corrected chi connectivity index (χ0v) is 20.7. The molecule has 0 radical (unpaired) electrons. The standard InChI is InChI=1S/C27H28Cl2O4/c1-18(2)27-24(30-17-16-26(28)29)6-5-7-25(27)33-23-14-12-22(13-15-23)32-21-10-8-20(9-11-21)31-19(3)4/h5-16,18-19H,17H2,1-4H3. The topological polar surface area (TPSA) is 36.9 Å². The average molecular weight is 487 g/mol. The van der Waals surface area contributed by atoms with Crippen LogP contribution in [0.25, 0.3) is 0 Å². The third-order valence-corrected chi connectivity index (χ3v) is 4.87. The molecule has 3 rings (SSSR count). The average Bonchev–Trinajstić information content (AvgIpc) is 2.76. The predicted molar refractivity (Wildman–Crippen MR) is 135 cm³/mol. The van der Waals surface area contributed by atoms with Crippen molar-refractivity contribution in [2.75, 3.05) is 6.61 Å². The Kier molecular flexibility index (Phi) is 8.93. The van der Waals surface area contributed by atoms with Crippen molar-refractivity contribution in [2.45, 2.75) is 39.7 Å². The van der Waals surface area contributed by atoms with Crippen molar-refractivity contribution in [1.82, 2.24) is 0 Å². The van der Waals surface area contributed by atoms with Gasteiger partial charge in [-0.3, -0.25) is 0 Å². The van der Waals surface area contributed by atoms with E-state index in [0.717, 1.165) is 28.6 Å². The molecule has 0 amide bonds. The third kappa shape index (κ3) is 7.62. The van der Waals surface area contributed by atoms with Crippen molar-refractivity contribution in [3.63, 3.8) is 0 Å². The molecule has 0 aliphatic heterocycles. The minimum absolute atomic E-state index is 0.133. The van der Waals surface area contributed by atoms with Crippen LogP contribution in [0.15, 0.2) is 77.3 Å². The first-order chi connectivity index (χ1) is 15.8. The van der Waals surface area contributed by atoms with Crippen LogP contribution >= 0.6 is 23.2 Å². The van der Waals surface area contributed by atoms with E-state index in [1.165, 1.54) is 0 Å². The highest BCUT2D eigenvalue weighted by Gasteiger charge is 2.15. The Morgan fingerprint density at radius 3 is 1.76 bits per heavy atom. The molecular formula is C27H28Cl2O4. The molecule has 3 aromatic carbocycles. The van der Waals surface area contributed by atoms with E-state index < -0.39 is 0 Å². The molecule has 0 aliphatic carbocycles. The minimum Gasteiger partial charge on any atom is -0.491 e. The second kappa shape index (κ2) is 11.9. The van der Waals surface area contributed by atoms with E-state index in [9.17, 15) is 0 Å². The summed E-state index contributed by atoms with van der Waals surface area (Å²) in [6, 6.07) is 20.8. The van der Waals surface area contributed by atoms with Crippen LogP contribution in [0.4, 0.5) is 0 Å². The maximum atomic E-state index is 6.18. The van der Waals surface area contributed by atoms with Crippen LogP contribution in [0, 0.1) is 0 Å². The Morgan fingerprint density at radius 2 is 1.24 bits per heavy atom. The molecule has 0 heterocycles. The number of rotatable bonds is 10. The molecule has 33 heavy (non-hydrogen) atoms. The zero-order chi connectivity index (χ0) is 23.8. The summed E-state index contributed by atoms with van der Waals surface area (Å²) in [4.78, 5) is 0. The minimum atomic E-state index is 0.133. The first kappa shape index (κ1) is 24.8. The van der Waals surface area contributed by atoms with Crippen LogP contribution in [0.5, 0.6) is 34.5 Å². The third-order valence-electron chi connectivity index (χ3n) is 4.56. The molecule has 0 atom stereocenters. The number of benzene rings is 3. The van der Waals surface area contributed by atoms with Gasteiger partial charge in [0.05, 0.1) is 6.10 Å². The maximum Gasteiger partial charge on any atom is 0.134 e. The second-order valence-corrected chi connectivity index (χ2v) is 8.95. The van der Waals surface area contributed by atoms with Gasteiger partial charge in [-0.2, -0.15) is 0 Å². The molecule has 0 bridgehead atoms. The molecule has 0 aliphatic rings. The fourth-order valence-corrected chi connectivity index (χ4v) is 3.33. The lowest BCUT2D eigenvalue weighted by Gasteiger charge is -2.18. The normalized spacial score (nSPS) is 10.8. The molecule has 0 unspecified atom stereocenters. The van der Waals surface area contributed by atoms with Crippen LogP contribution in [-0.2, 0) is 0 Å². The lowest BCUT2D eigenvalue weighted by molar-refractivity contribution is 0.242. The van der Waals surface area contributed by atoms with Gasteiger partial charge in [-0.1, -0.05) is 43.1 Å². The summed E-state index contributed by atoms with van der Waals surface area (Å²) in [5.74, 6) is 4.62. The van der Waals surface area contributed by atoms with Crippen LogP contribution in [0.1, 0.15) is 39.2 Å². The van der Waals surface area contributed by atoms with Gasteiger partial charge in [0.25, 0.3) is 0 Å². The van der Waals surface area contributed by atoms with Crippen LogP contribution in [0.2, 0.25) is 0 Å². The fourth-order valence-electron chi connectivity index (χ4n) is 3.20. The summed E-state index contributed by atoms with van der Waals surface area (Å²) in [6.45, 7) is 8.46. The smallest absolute Gasteiger partial charge is 0.134 e. The molecule has 0 fully saturated rings. The predicted octanol–water partition coefficient (Wildman–Crippen LogP) is 8.88. The summed E-state index contributed by atoms with van der Waals surface area (Å²) in [7, 11) is 0. The molecule has 0 spiro atoms. The van der Waals surface area contributed by atoms with Gasteiger partial charge in [0, 0.05) is 5.56 Å². The van der Waals surface area contributed by atoms with E-state index in [2.05, 4.69) is 13.8 Å². The first-order valence-electron chi connectivity index (χ1n) is 10.8. The van der Waals surface area contributed by atoms with Crippen LogP contribution in [0.3, 0.4) is 0 Å². The van der Waals surface area contributed by atoms with Crippen molar-refractivity contribution in [1.29, 1.82) is 0 Å². The van der Waals surface area contributed by atoms with Gasteiger partial charge >= 0.3 is 0 Å². The number of ether oxygens (including phenoxy) is 4. The van der Waals surface area contributed by atoms with E-state index >= 15 is 0 Å². The summed E-state index contributed by atoms with van der Waals surface area (Å²) < 4.78 is 23.8. The van der Waals surface area contributed by atoms with Gasteiger partial charge in [0.2, 0.25) is 0 Å². The number of halogens is 2. The highest BCUT2D eigenvalue weighted by Crippen LogP contribution is 2.38. The largest absolute Gasteiger partial charge is 0.491 e. The SMILES string of the molecule is CC(C)Oc1ccc(Oc2ccc(Oc3cccc(OCC=C(Cl)Cl)c3C(C)C)cc2)cc1. The Hall–Kier alpha value is -2.82. The van der Waals surface area contributed by atoms with Crippen molar-refractivity contribution < 1.29 is 18.9 Å². The van der Waals surface area contributed by atoms with Gasteiger partial charge in [0.15, 0.2) is 0 Å². The van der Waals surface area contributed by atoms with E-state index in [4.69, 9.17) is 42.1 Å². The summed E-state index contributed by atoms with van der Waals surface area (Å²) in [5.41, 5.74) is 0.973. The van der Waals surface area contributed by atoms with Gasteiger partial charge in [-0.25, -0.2) is 0 Å². The van der Waals surface area contributed by atoms with Crippen molar-refractivity contribution in [3.8, 4) is 34.5 Å². The highest BCUT2D eigenvalue weighted by molar-refractivity contribution is 6.55. The van der Waals surface area contributed by atoms with Crippen molar-refractivity contribution in [2.24, 2.45) is 0 Å². The molecule has 0 N–H and O–H groups in total. The summed E-state index contributed by atoms with van der Waals surface area (Å²) >= 11 is 11.4. The van der Waals surface area contributed by atoms with E-state index in [1.807, 2.05) is 80.6 Å². The number of hydrogen-bond acceptors (Lipinski definition) is 4. The van der Waals surface area contributed by atoms with E-state index in [1.54, 1.807) is 6.08 Å². The summed E-state index contributed by atoms with van der Waals surface area (Å²) in [5, 5.41) is 0. The molecule has 0 aromatic heterocycles. The van der Waals surface area contributed by atoms with Crippen LogP contribution < -0.4 is 18.9 Å². The Bertz CT molecular complexity index is 1050. The van der Waals surface area contributed by atoms with E-state index in [-0.39, 0.29) is 23.1 Å². The Labute approximate surface area is 205 Å². The van der Waals surface area contributed by atoms with E-state index in [0.29, 0.717) is 11.5 Å². The molecule has 0 saturated heterocycles. The Morgan fingerprint density at radius 1 is 0.727 bits per heavy atom. The quantitative estimate of drug-likeness (QED) is 0.286. The second-order valence-electron chi connectivity index (χ2n) is 7.94. The molecule has 3 aromatic rings. The molecule has 4 nitrogen and oxygen atoms in total. The van der Waals surface area contributed by atoms with Crippen molar-refractivity contribution in [3.05, 3.63) is 82.9 Å². The molecule has 0 saturated carbocycles. The lowest BCUT2D eigenvalue weighted by atomic mass is 10.0. The van der Waals surface area contributed by atoms with Crippen LogP contribution in [-0.4, -0.2) is 12.7 Å². The maximum absolute atomic E-state index is 6.18. The molecule has 174 valence electrons. The summed E-state index contributed by atoms with van der Waals surface area (Å²) in [6.07, 6.45) is 1.73. The zero-order valence-electron chi connectivity index (χ0n) is 19.2. The van der Waals surface area contributed by atoms with Gasteiger partial charge < -0.3 is 18.9 Å². The molecular weight excluding hydrogens is 459 g/mol. The molecule has 6 heteroatoms. The van der Waals surface area contributed by atoms with Crippen molar-refractivity contribution >= 4 is 23.2 Å². The van der Waals surface area contributed by atoms with Gasteiger partial charge in [-0.05, 0) is 86.5 Å². The lowest BCUT2D eigenvalue weighted by Crippen LogP contribution is -2.05. The monoisotopic (exact) mass is 486 g/mol. The fraction of sp³-hybridized carbons (Fsp3) is 0.259. The Balaban J connectivity index is 1.69. The van der Waals surface area contributed by atoms with Gasteiger partial charge in [-0.15, -0.1) is 0 Å². The first-order valence-corrected chi connectivity index (χ1v) is 11.6. The highest BCUT2D eigenvalue weighted by atomic mass is 35.5. The number of hydrogen-bond donors (Lipinski definition) is 0.